The van der Waals surface area contributed by atoms with Crippen LogP contribution in [0.3, 0.4) is 0 Å². The first kappa shape index (κ1) is 16.6. The molecule has 0 amide bonds. The molecule has 0 spiro atoms. The minimum atomic E-state index is -4.67. The van der Waals surface area contributed by atoms with Crippen LogP contribution in [0, 0.1) is 0 Å². The van der Waals surface area contributed by atoms with Crippen LogP contribution in [0.25, 0.3) is 0 Å². The maximum absolute atomic E-state index is 8.74. The number of aromatic nitrogens is 1. The van der Waals surface area contributed by atoms with E-state index in [0.717, 1.165) is 0 Å². The largest absolute Gasteiger partial charge is 0.394 e. The first-order chi connectivity index (χ1) is 6.73. The molecule has 0 aliphatic heterocycles. The van der Waals surface area contributed by atoms with E-state index in [1.807, 2.05) is 18.2 Å². The molecule has 0 fully saturated rings. The molecule has 0 aliphatic rings. The van der Waals surface area contributed by atoms with Crippen molar-refractivity contribution < 1.29 is 31.9 Å². The fourth-order valence-corrected chi connectivity index (χ4v) is 0.313. The van der Waals surface area contributed by atoms with Gasteiger partial charge in [-0.2, -0.15) is 8.42 Å². The highest BCUT2D eigenvalue weighted by Crippen LogP contribution is 1.98. The van der Waals surface area contributed by atoms with E-state index in [4.69, 9.17) is 31.9 Å². The number of rotatable bonds is 0. The minimum absolute atomic E-state index is 1.75. The van der Waals surface area contributed by atoms with Crippen molar-refractivity contribution in [3.63, 3.8) is 0 Å². The SMILES string of the molecule is O=S(=O)(O)O.O=[PH](O)O.c1ccncc1. The van der Waals surface area contributed by atoms with Gasteiger partial charge in [0.2, 0.25) is 0 Å². The van der Waals surface area contributed by atoms with Crippen LogP contribution in [0.5, 0.6) is 0 Å². The molecule has 8 nitrogen and oxygen atoms in total. The van der Waals surface area contributed by atoms with Gasteiger partial charge in [0.25, 0.3) is 0 Å². The summed E-state index contributed by atoms with van der Waals surface area (Å²) in [5.41, 5.74) is 0. The second kappa shape index (κ2) is 9.71. The van der Waals surface area contributed by atoms with Crippen molar-refractivity contribution in [3.8, 4) is 0 Å². The van der Waals surface area contributed by atoms with Crippen LogP contribution < -0.4 is 0 Å². The number of nitrogens with zero attached hydrogens (tertiary/aromatic N) is 1. The van der Waals surface area contributed by atoms with Gasteiger partial charge in [0, 0.05) is 12.4 Å². The van der Waals surface area contributed by atoms with Gasteiger partial charge in [-0.05, 0) is 12.1 Å². The summed E-state index contributed by atoms with van der Waals surface area (Å²) in [6.45, 7) is 0. The molecule has 0 saturated heterocycles. The van der Waals surface area contributed by atoms with E-state index in [1.54, 1.807) is 12.4 Å². The highest BCUT2D eigenvalue weighted by atomic mass is 32.3. The number of hydrogen-bond acceptors (Lipinski definition) is 4. The zero-order valence-electron chi connectivity index (χ0n) is 7.26. The third-order valence-corrected chi connectivity index (χ3v) is 0.566. The summed E-state index contributed by atoms with van der Waals surface area (Å²) in [6, 6.07) is 5.72. The smallest absolute Gasteiger partial charge is 0.326 e. The highest BCUT2D eigenvalue weighted by Gasteiger charge is 1.84. The zero-order valence-corrected chi connectivity index (χ0v) is 9.07. The lowest BCUT2D eigenvalue weighted by molar-refractivity contribution is 0.380. The van der Waals surface area contributed by atoms with Gasteiger partial charge in [0.05, 0.1) is 0 Å². The Bertz CT molecular complexity index is 314. The molecule has 1 aromatic rings. The minimum Gasteiger partial charge on any atom is -0.326 e. The topological polar surface area (TPSA) is 145 Å². The van der Waals surface area contributed by atoms with Gasteiger partial charge in [-0.15, -0.1) is 0 Å². The lowest BCUT2D eigenvalue weighted by atomic mass is 10.5. The molecule has 0 saturated carbocycles. The first-order valence-electron chi connectivity index (χ1n) is 3.20. The van der Waals surface area contributed by atoms with Gasteiger partial charge < -0.3 is 9.79 Å². The molecular weight excluding hydrogens is 249 g/mol. The maximum Gasteiger partial charge on any atom is 0.394 e. The fraction of sp³-hybridized carbons (Fsp3) is 0. The summed E-state index contributed by atoms with van der Waals surface area (Å²) < 4.78 is 40.3. The van der Waals surface area contributed by atoms with Crippen molar-refractivity contribution in [3.05, 3.63) is 30.6 Å². The molecule has 88 valence electrons. The summed E-state index contributed by atoms with van der Waals surface area (Å²) in [7, 11) is -7.80. The normalized spacial score (nSPS) is 9.40. The molecule has 1 aromatic heterocycles. The van der Waals surface area contributed by atoms with Crippen LogP contribution in [0.15, 0.2) is 30.6 Å². The average molecular weight is 259 g/mol. The van der Waals surface area contributed by atoms with Crippen molar-refractivity contribution in [2.75, 3.05) is 0 Å². The Hall–Kier alpha value is -0.830. The predicted octanol–water partition coefficient (Wildman–Crippen LogP) is -0.210. The first-order valence-corrected chi connectivity index (χ1v) is 5.90. The van der Waals surface area contributed by atoms with Crippen LogP contribution >= 0.6 is 8.25 Å². The van der Waals surface area contributed by atoms with E-state index in [-0.39, 0.29) is 0 Å². The van der Waals surface area contributed by atoms with E-state index in [1.165, 1.54) is 0 Å². The summed E-state index contributed by atoms with van der Waals surface area (Å²) in [6.07, 6.45) is 3.50. The van der Waals surface area contributed by atoms with E-state index in [9.17, 15) is 0 Å². The molecule has 0 bridgehead atoms. The Labute approximate surface area is 86.8 Å². The zero-order chi connectivity index (χ0) is 12.3. The van der Waals surface area contributed by atoms with Crippen molar-refractivity contribution in [2.24, 2.45) is 0 Å². The van der Waals surface area contributed by atoms with Gasteiger partial charge in [-0.1, -0.05) is 6.07 Å². The van der Waals surface area contributed by atoms with Crippen LogP contribution in [0.1, 0.15) is 0 Å². The van der Waals surface area contributed by atoms with Gasteiger partial charge in [-0.3, -0.25) is 18.7 Å². The van der Waals surface area contributed by atoms with E-state index in [0.29, 0.717) is 0 Å². The van der Waals surface area contributed by atoms with Gasteiger partial charge in [-0.25, -0.2) is 0 Å². The Balaban J connectivity index is 0. The Morgan fingerprint density at radius 3 is 1.33 bits per heavy atom. The lowest BCUT2D eigenvalue weighted by Crippen LogP contribution is -1.89. The molecule has 0 unspecified atom stereocenters. The van der Waals surface area contributed by atoms with Crippen molar-refractivity contribution in [1.29, 1.82) is 0 Å². The molecule has 0 aliphatic carbocycles. The molecular formula is C5H10NO7PS. The standard InChI is InChI=1S/C5H5N.H2O4S.H3O3P/c1-2-4-6-5-3-1;1-5(2,3)4;1-4(2)3/h1-5H;(H2,1,2,3,4);4H,(H2,1,2,3). The Morgan fingerprint density at radius 1 is 1.00 bits per heavy atom. The Morgan fingerprint density at radius 2 is 1.27 bits per heavy atom. The molecule has 0 aromatic carbocycles. The van der Waals surface area contributed by atoms with Crippen molar-refractivity contribution in [1.82, 2.24) is 4.98 Å². The van der Waals surface area contributed by atoms with Crippen LogP contribution in [0.4, 0.5) is 0 Å². The summed E-state index contributed by atoms with van der Waals surface area (Å²) >= 11 is 0. The number of hydrogen-bond donors (Lipinski definition) is 4. The monoisotopic (exact) mass is 259 g/mol. The molecule has 0 radical (unpaired) electrons. The molecule has 1 heterocycles. The average Bonchev–Trinajstić information content (AvgIpc) is 2.03. The van der Waals surface area contributed by atoms with E-state index in [2.05, 4.69) is 4.98 Å². The maximum atomic E-state index is 8.74. The van der Waals surface area contributed by atoms with Crippen LogP contribution in [-0.2, 0) is 15.0 Å². The van der Waals surface area contributed by atoms with Gasteiger partial charge in [0.15, 0.2) is 0 Å². The fourth-order valence-electron chi connectivity index (χ4n) is 0.313. The predicted molar refractivity (Wildman–Crippen MR) is 51.9 cm³/mol. The molecule has 4 N–H and O–H groups in total. The molecule has 1 rings (SSSR count). The molecule has 10 heteroatoms. The lowest BCUT2D eigenvalue weighted by Gasteiger charge is -1.70. The highest BCUT2D eigenvalue weighted by molar-refractivity contribution is 7.79. The second-order valence-electron chi connectivity index (χ2n) is 1.75. The van der Waals surface area contributed by atoms with Gasteiger partial charge in [0.1, 0.15) is 0 Å². The summed E-state index contributed by atoms with van der Waals surface area (Å²) in [5.74, 6) is 0. The quantitative estimate of drug-likeness (QED) is 0.370. The molecule has 0 atom stereocenters. The summed E-state index contributed by atoms with van der Waals surface area (Å²) in [4.78, 5) is 18.1. The van der Waals surface area contributed by atoms with E-state index >= 15 is 0 Å². The third-order valence-electron chi connectivity index (χ3n) is 0.566. The van der Waals surface area contributed by atoms with Crippen LogP contribution in [0.2, 0.25) is 0 Å². The van der Waals surface area contributed by atoms with Gasteiger partial charge >= 0.3 is 18.7 Å². The van der Waals surface area contributed by atoms with Crippen LogP contribution in [-0.4, -0.2) is 32.3 Å². The Kier molecular flexibility index (Phi) is 10.7. The van der Waals surface area contributed by atoms with E-state index < -0.39 is 18.7 Å². The van der Waals surface area contributed by atoms with Crippen molar-refractivity contribution >= 4 is 18.7 Å². The van der Waals surface area contributed by atoms with Crippen molar-refractivity contribution in [2.45, 2.75) is 0 Å². The third kappa shape index (κ3) is 61.5. The number of pyridine rings is 1. The second-order valence-corrected chi connectivity index (χ2v) is 3.22. The summed E-state index contributed by atoms with van der Waals surface area (Å²) in [5, 5.41) is 0. The molecule has 15 heavy (non-hydrogen) atoms.